The second-order valence-electron chi connectivity index (χ2n) is 13.0. The first-order chi connectivity index (χ1) is 21.2. The van der Waals surface area contributed by atoms with Crippen LogP contribution in [0.2, 0.25) is 0 Å². The fraction of sp³-hybridized carbons (Fsp3) is 0.700. The van der Waals surface area contributed by atoms with Crippen LogP contribution < -0.4 is 9.80 Å². The molecule has 0 fully saturated rings. The summed E-state index contributed by atoms with van der Waals surface area (Å²) in [6.45, 7) is 14.1. The van der Waals surface area contributed by atoms with Crippen molar-refractivity contribution in [3.8, 4) is 0 Å². The first kappa shape index (κ1) is 36.0. The second-order valence-corrected chi connectivity index (χ2v) is 15.3. The van der Waals surface area contributed by atoms with Crippen LogP contribution in [0.5, 0.6) is 0 Å². The number of unbranched alkanes of at least 4 members (excludes halogenated alkanes) is 16. The van der Waals surface area contributed by atoms with Crippen LogP contribution in [0, 0.1) is 0 Å². The Balaban J connectivity index is 1.94. The van der Waals surface area contributed by atoms with E-state index in [9.17, 15) is 0 Å². The van der Waals surface area contributed by atoms with E-state index < -0.39 is 0 Å². The van der Waals surface area contributed by atoms with Gasteiger partial charge in [0.25, 0.3) is 0 Å². The fourth-order valence-electron chi connectivity index (χ4n) is 6.69. The molecule has 0 aliphatic heterocycles. The average molecular weight is 654 g/mol. The van der Waals surface area contributed by atoms with Gasteiger partial charge in [-0.15, -0.1) is 0 Å². The number of rotatable bonds is 26. The molecule has 0 bridgehead atoms. The molecule has 3 aromatic rings. The molecule has 0 amide bonds. The zero-order valence-electron chi connectivity index (χ0n) is 28.7. The van der Waals surface area contributed by atoms with Gasteiger partial charge in [-0.1, -0.05) is 0 Å². The Morgan fingerprint density at radius 2 is 0.698 bits per heavy atom. The Hall–Kier alpha value is -1.44. The summed E-state index contributed by atoms with van der Waals surface area (Å²) >= 11 is 0.401. The molecule has 0 radical (unpaired) electrons. The number of benzene rings is 2. The van der Waals surface area contributed by atoms with Crippen LogP contribution in [0.4, 0.5) is 11.4 Å². The van der Waals surface area contributed by atoms with Gasteiger partial charge in [-0.3, -0.25) is 0 Å². The van der Waals surface area contributed by atoms with Crippen molar-refractivity contribution in [2.24, 2.45) is 0 Å². The molecule has 0 aliphatic rings. The summed E-state index contributed by atoms with van der Waals surface area (Å²) in [6.07, 6.45) is 27.1. The van der Waals surface area contributed by atoms with Gasteiger partial charge in [0.05, 0.1) is 0 Å². The summed E-state index contributed by atoms with van der Waals surface area (Å²) in [5.74, 6) is 0. The van der Waals surface area contributed by atoms with Crippen molar-refractivity contribution in [1.29, 1.82) is 0 Å². The summed E-state index contributed by atoms with van der Waals surface area (Å²) in [6, 6.07) is 14.6. The molecular formula is C40H66N2Se. The number of anilines is 2. The topological polar surface area (TPSA) is 6.48 Å². The Kier molecular flexibility index (Phi) is 18.5. The second kappa shape index (κ2) is 22.1. The normalized spacial score (nSPS) is 11.6. The third-order valence-corrected chi connectivity index (χ3v) is 11.6. The van der Waals surface area contributed by atoms with Crippen molar-refractivity contribution in [3.05, 3.63) is 36.4 Å². The molecule has 3 heteroatoms. The molecule has 2 nitrogen and oxygen atoms in total. The quantitative estimate of drug-likeness (QED) is 0.0628. The van der Waals surface area contributed by atoms with Gasteiger partial charge in [0.1, 0.15) is 0 Å². The zero-order valence-corrected chi connectivity index (χ0v) is 30.5. The minimum atomic E-state index is 0.401. The molecule has 0 atom stereocenters. The van der Waals surface area contributed by atoms with E-state index >= 15 is 0 Å². The van der Waals surface area contributed by atoms with Crippen LogP contribution in [0.1, 0.15) is 156 Å². The van der Waals surface area contributed by atoms with Crippen molar-refractivity contribution < 1.29 is 0 Å². The molecular weight excluding hydrogens is 587 g/mol. The third-order valence-electron chi connectivity index (χ3n) is 9.29. The molecule has 1 heterocycles. The molecule has 0 unspecified atom stereocenters. The number of fused-ring (bicyclic) bond motifs is 3. The van der Waals surface area contributed by atoms with E-state index in [1.807, 2.05) is 0 Å². The first-order valence-corrected chi connectivity index (χ1v) is 20.4. The summed E-state index contributed by atoms with van der Waals surface area (Å²) < 4.78 is 3.22. The number of hydrogen-bond donors (Lipinski definition) is 0. The van der Waals surface area contributed by atoms with Gasteiger partial charge >= 0.3 is 274 Å². The van der Waals surface area contributed by atoms with Crippen molar-refractivity contribution in [3.63, 3.8) is 0 Å². The number of hydrogen-bond acceptors (Lipinski definition) is 2. The van der Waals surface area contributed by atoms with Crippen molar-refractivity contribution in [2.45, 2.75) is 156 Å². The van der Waals surface area contributed by atoms with Crippen molar-refractivity contribution >= 4 is 45.2 Å². The maximum absolute atomic E-state index is 2.80. The van der Waals surface area contributed by atoms with E-state index in [1.165, 1.54) is 166 Å². The zero-order chi connectivity index (χ0) is 30.5. The van der Waals surface area contributed by atoms with Crippen LogP contribution in [0.25, 0.3) is 19.3 Å². The maximum atomic E-state index is 2.80. The Morgan fingerprint density at radius 1 is 0.395 bits per heavy atom. The van der Waals surface area contributed by atoms with Crippen molar-refractivity contribution in [1.82, 2.24) is 0 Å². The average Bonchev–Trinajstić information content (AvgIpc) is 3.42. The molecule has 0 saturated carbocycles. The standard InChI is InChI=1S/C40H66N2Se/c1-5-9-13-17-21-31-41(32-22-18-14-10-6-2)35-27-25-29-37-39(35)40-36(28-26-30-38(40)43-37)42(33-23-19-15-11-7-3)34-24-20-16-12-8-4/h25-30H,5-24,31-34H2,1-4H3. The molecule has 2 aromatic carbocycles. The van der Waals surface area contributed by atoms with Crippen molar-refractivity contribution in [2.75, 3.05) is 36.0 Å². The molecule has 3 rings (SSSR count). The molecule has 0 aliphatic carbocycles. The van der Waals surface area contributed by atoms with Gasteiger partial charge in [-0.2, -0.15) is 0 Å². The van der Waals surface area contributed by atoms with Crippen LogP contribution in [-0.2, 0) is 0 Å². The predicted molar refractivity (Wildman–Crippen MR) is 198 cm³/mol. The van der Waals surface area contributed by atoms with Gasteiger partial charge < -0.3 is 0 Å². The van der Waals surface area contributed by atoms with Gasteiger partial charge in [-0.25, -0.2) is 0 Å². The van der Waals surface area contributed by atoms with E-state index in [1.54, 1.807) is 19.3 Å². The molecule has 242 valence electrons. The van der Waals surface area contributed by atoms with Crippen LogP contribution in [0.3, 0.4) is 0 Å². The number of nitrogens with zero attached hydrogens (tertiary/aromatic N) is 2. The van der Waals surface area contributed by atoms with E-state index in [0.717, 1.165) is 0 Å². The summed E-state index contributed by atoms with van der Waals surface area (Å²) in [5.41, 5.74) is 3.06. The van der Waals surface area contributed by atoms with Crippen LogP contribution in [0.15, 0.2) is 36.4 Å². The van der Waals surface area contributed by atoms with Gasteiger partial charge in [0, 0.05) is 0 Å². The predicted octanol–water partition coefficient (Wildman–Crippen LogP) is 12.5. The van der Waals surface area contributed by atoms with Crippen LogP contribution >= 0.6 is 0 Å². The van der Waals surface area contributed by atoms with Crippen LogP contribution in [-0.4, -0.2) is 40.7 Å². The summed E-state index contributed by atoms with van der Waals surface area (Å²) in [4.78, 5) is 5.61. The van der Waals surface area contributed by atoms with Gasteiger partial charge in [0.15, 0.2) is 0 Å². The molecule has 0 saturated heterocycles. The van der Waals surface area contributed by atoms with E-state index in [-0.39, 0.29) is 0 Å². The summed E-state index contributed by atoms with van der Waals surface area (Å²) in [7, 11) is 0. The Labute approximate surface area is 272 Å². The Morgan fingerprint density at radius 3 is 1.00 bits per heavy atom. The van der Waals surface area contributed by atoms with Gasteiger partial charge in [-0.05, 0) is 0 Å². The summed E-state index contributed by atoms with van der Waals surface area (Å²) in [5, 5.41) is 3.19. The minimum absolute atomic E-state index is 0.401. The molecule has 0 spiro atoms. The monoisotopic (exact) mass is 654 g/mol. The first-order valence-electron chi connectivity index (χ1n) is 18.7. The third kappa shape index (κ3) is 12.1. The van der Waals surface area contributed by atoms with E-state index in [0.29, 0.717) is 14.5 Å². The molecule has 1 aromatic heterocycles. The fourth-order valence-corrected chi connectivity index (χ4v) is 9.10. The SMILES string of the molecule is CCCCCCCN(CCCCCCC)c1cccc2[se]c3cccc(N(CCCCCCC)CCCCCCC)c3c12. The Bertz CT molecular complexity index is 1000. The molecule has 0 N–H and O–H groups in total. The van der Waals surface area contributed by atoms with Gasteiger partial charge in [0.2, 0.25) is 0 Å². The van der Waals surface area contributed by atoms with E-state index in [4.69, 9.17) is 0 Å². The molecule has 43 heavy (non-hydrogen) atoms. The van der Waals surface area contributed by atoms with E-state index in [2.05, 4.69) is 73.9 Å².